The fourth-order valence-corrected chi connectivity index (χ4v) is 3.76. The number of nitrogens with zero attached hydrogens (tertiary/aromatic N) is 3. The summed E-state index contributed by atoms with van der Waals surface area (Å²) in [7, 11) is 1.58. The molecule has 0 amide bonds. The molecule has 0 bridgehead atoms. The quantitative estimate of drug-likeness (QED) is 0.440. The van der Waals surface area contributed by atoms with Crippen LogP contribution < -0.4 is 9.47 Å². The van der Waals surface area contributed by atoms with Gasteiger partial charge in [0.15, 0.2) is 0 Å². The predicted molar refractivity (Wildman–Crippen MR) is 107 cm³/mol. The number of halogens is 1. The first-order valence-electron chi connectivity index (χ1n) is 8.21. The molecule has 0 fully saturated rings. The SMILES string of the molecule is COc1cccc(Oc2ccc(C[CH]c3ncnc4scc(Cl)c34)cc2)n1. The van der Waals surface area contributed by atoms with Crippen molar-refractivity contribution in [1.29, 1.82) is 0 Å². The molecular weight excluding hydrogens is 382 g/mol. The van der Waals surface area contributed by atoms with Crippen LogP contribution in [-0.4, -0.2) is 22.1 Å². The number of hydrogen-bond acceptors (Lipinski definition) is 6. The number of methoxy groups -OCH3 is 1. The summed E-state index contributed by atoms with van der Waals surface area (Å²) in [5.41, 5.74) is 1.99. The molecule has 1 aromatic carbocycles. The van der Waals surface area contributed by atoms with Crippen molar-refractivity contribution in [2.75, 3.05) is 7.11 Å². The predicted octanol–water partition coefficient (Wildman–Crippen LogP) is 5.34. The average molecular weight is 397 g/mol. The molecule has 4 rings (SSSR count). The monoisotopic (exact) mass is 396 g/mol. The second kappa shape index (κ2) is 7.90. The molecule has 0 aliphatic heterocycles. The Hall–Kier alpha value is -2.70. The highest BCUT2D eigenvalue weighted by atomic mass is 35.5. The lowest BCUT2D eigenvalue weighted by Crippen LogP contribution is -1.94. The van der Waals surface area contributed by atoms with Crippen LogP contribution in [-0.2, 0) is 6.42 Å². The van der Waals surface area contributed by atoms with Crippen LogP contribution in [0.1, 0.15) is 11.3 Å². The number of benzene rings is 1. The number of fused-ring (bicyclic) bond motifs is 1. The minimum absolute atomic E-state index is 0.490. The van der Waals surface area contributed by atoms with Crippen LogP contribution in [0, 0.1) is 6.42 Å². The van der Waals surface area contributed by atoms with Gasteiger partial charge in [-0.05, 0) is 24.1 Å². The molecule has 5 nitrogen and oxygen atoms in total. The van der Waals surface area contributed by atoms with Gasteiger partial charge in [0.2, 0.25) is 11.8 Å². The Bertz CT molecular complexity index is 1070. The van der Waals surface area contributed by atoms with Gasteiger partial charge in [-0.2, -0.15) is 4.98 Å². The molecule has 3 heterocycles. The van der Waals surface area contributed by atoms with Gasteiger partial charge in [-0.1, -0.05) is 29.8 Å². The van der Waals surface area contributed by atoms with E-state index in [0.717, 1.165) is 27.9 Å². The molecule has 27 heavy (non-hydrogen) atoms. The molecule has 0 aliphatic rings. The topological polar surface area (TPSA) is 57.1 Å². The Morgan fingerprint density at radius 1 is 1.07 bits per heavy atom. The smallest absolute Gasteiger partial charge is 0.222 e. The van der Waals surface area contributed by atoms with Crippen LogP contribution in [0.5, 0.6) is 17.5 Å². The van der Waals surface area contributed by atoms with E-state index in [1.54, 1.807) is 25.6 Å². The van der Waals surface area contributed by atoms with Crippen LogP contribution in [0.15, 0.2) is 54.2 Å². The van der Waals surface area contributed by atoms with Crippen LogP contribution in [0.2, 0.25) is 5.02 Å². The molecule has 0 aliphatic carbocycles. The van der Waals surface area contributed by atoms with E-state index in [1.165, 1.54) is 11.3 Å². The summed E-state index contributed by atoms with van der Waals surface area (Å²) in [5, 5.41) is 3.49. The van der Waals surface area contributed by atoms with Gasteiger partial charge in [-0.25, -0.2) is 9.97 Å². The first-order chi connectivity index (χ1) is 13.2. The second-order valence-corrected chi connectivity index (χ2v) is 6.96. The molecule has 135 valence electrons. The molecule has 4 aromatic rings. The molecule has 0 spiro atoms. The number of ether oxygens (including phenoxy) is 2. The Labute approximate surface area is 165 Å². The number of thiophene rings is 1. The van der Waals surface area contributed by atoms with Gasteiger partial charge >= 0.3 is 0 Å². The van der Waals surface area contributed by atoms with E-state index in [2.05, 4.69) is 21.4 Å². The zero-order valence-electron chi connectivity index (χ0n) is 14.4. The first-order valence-corrected chi connectivity index (χ1v) is 9.47. The highest BCUT2D eigenvalue weighted by Gasteiger charge is 2.10. The highest BCUT2D eigenvalue weighted by Crippen LogP contribution is 2.31. The van der Waals surface area contributed by atoms with Crippen molar-refractivity contribution < 1.29 is 9.47 Å². The van der Waals surface area contributed by atoms with E-state index in [4.69, 9.17) is 21.1 Å². The maximum absolute atomic E-state index is 6.26. The molecule has 0 saturated heterocycles. The summed E-state index contributed by atoms with van der Waals surface area (Å²) in [5.74, 6) is 1.72. The minimum atomic E-state index is 0.490. The average Bonchev–Trinajstić information content (AvgIpc) is 3.09. The van der Waals surface area contributed by atoms with Crippen LogP contribution in [0.4, 0.5) is 0 Å². The van der Waals surface area contributed by atoms with Crippen LogP contribution >= 0.6 is 22.9 Å². The summed E-state index contributed by atoms with van der Waals surface area (Å²) >= 11 is 7.78. The Morgan fingerprint density at radius 3 is 2.70 bits per heavy atom. The van der Waals surface area contributed by atoms with Gasteiger partial charge in [-0.15, -0.1) is 11.3 Å². The van der Waals surface area contributed by atoms with Gasteiger partial charge in [0.05, 0.1) is 23.2 Å². The van der Waals surface area contributed by atoms with Gasteiger partial charge in [0, 0.05) is 23.9 Å². The minimum Gasteiger partial charge on any atom is -0.481 e. The zero-order valence-corrected chi connectivity index (χ0v) is 16.0. The van der Waals surface area contributed by atoms with Crippen LogP contribution in [0.25, 0.3) is 10.2 Å². The van der Waals surface area contributed by atoms with E-state index in [0.29, 0.717) is 22.5 Å². The lowest BCUT2D eigenvalue weighted by atomic mass is 10.1. The molecular formula is C20H15ClN3O2S. The fourth-order valence-electron chi connectivity index (χ4n) is 2.61. The van der Waals surface area contributed by atoms with Crippen molar-refractivity contribution in [3.8, 4) is 17.5 Å². The van der Waals surface area contributed by atoms with Crippen molar-refractivity contribution in [3.63, 3.8) is 0 Å². The summed E-state index contributed by atoms with van der Waals surface area (Å²) in [6.45, 7) is 0. The Kier molecular flexibility index (Phi) is 5.18. The van der Waals surface area contributed by atoms with E-state index >= 15 is 0 Å². The van der Waals surface area contributed by atoms with E-state index < -0.39 is 0 Å². The summed E-state index contributed by atoms with van der Waals surface area (Å²) in [6, 6.07) is 13.3. The van der Waals surface area contributed by atoms with Crippen molar-refractivity contribution in [3.05, 3.63) is 76.9 Å². The summed E-state index contributed by atoms with van der Waals surface area (Å²) in [6.07, 6.45) is 4.36. The normalized spacial score (nSPS) is 10.9. The van der Waals surface area contributed by atoms with Gasteiger partial charge in [-0.3, -0.25) is 0 Å². The van der Waals surface area contributed by atoms with Crippen molar-refractivity contribution >= 4 is 33.2 Å². The maximum atomic E-state index is 6.26. The number of aromatic nitrogens is 3. The lowest BCUT2D eigenvalue weighted by molar-refractivity contribution is 0.383. The molecule has 3 aromatic heterocycles. The second-order valence-electron chi connectivity index (χ2n) is 5.70. The molecule has 0 saturated carbocycles. The van der Waals surface area contributed by atoms with Gasteiger partial charge < -0.3 is 9.47 Å². The largest absolute Gasteiger partial charge is 0.481 e. The van der Waals surface area contributed by atoms with Crippen molar-refractivity contribution in [2.45, 2.75) is 6.42 Å². The summed E-state index contributed by atoms with van der Waals surface area (Å²) in [4.78, 5) is 13.7. The molecule has 7 heteroatoms. The molecule has 0 atom stereocenters. The molecule has 0 N–H and O–H groups in total. The molecule has 0 unspecified atom stereocenters. The maximum Gasteiger partial charge on any atom is 0.222 e. The number of rotatable bonds is 6. The third-order valence-corrected chi connectivity index (χ3v) is 5.25. The number of hydrogen-bond donors (Lipinski definition) is 0. The third kappa shape index (κ3) is 4.02. The fraction of sp³-hybridized carbons (Fsp3) is 0.100. The third-order valence-electron chi connectivity index (χ3n) is 3.94. The van der Waals surface area contributed by atoms with E-state index in [1.807, 2.05) is 35.7 Å². The van der Waals surface area contributed by atoms with E-state index in [-0.39, 0.29) is 0 Å². The van der Waals surface area contributed by atoms with Crippen LogP contribution in [0.3, 0.4) is 0 Å². The molecule has 1 radical (unpaired) electrons. The summed E-state index contributed by atoms with van der Waals surface area (Å²) < 4.78 is 10.9. The number of pyridine rings is 1. The van der Waals surface area contributed by atoms with E-state index in [9.17, 15) is 0 Å². The Balaban J connectivity index is 1.44. The van der Waals surface area contributed by atoms with Crippen molar-refractivity contribution in [2.24, 2.45) is 0 Å². The lowest BCUT2D eigenvalue weighted by Gasteiger charge is -2.07. The highest BCUT2D eigenvalue weighted by molar-refractivity contribution is 7.17. The Morgan fingerprint density at radius 2 is 1.89 bits per heavy atom. The zero-order chi connectivity index (χ0) is 18.6. The van der Waals surface area contributed by atoms with Gasteiger partial charge in [0.25, 0.3) is 0 Å². The first kappa shape index (κ1) is 17.7. The standard InChI is InChI=1S/C20H15ClN3O2S/c1-25-17-3-2-4-18(24-17)26-14-8-5-13(6-9-14)7-10-16-19-15(21)11-27-20(19)23-12-22-16/h2-6,8-12H,7H2,1H3. The van der Waals surface area contributed by atoms with Gasteiger partial charge in [0.1, 0.15) is 16.9 Å². The van der Waals surface area contributed by atoms with Crippen molar-refractivity contribution in [1.82, 2.24) is 15.0 Å².